The second kappa shape index (κ2) is 6.97. The fourth-order valence-corrected chi connectivity index (χ4v) is 1.96. The van der Waals surface area contributed by atoms with Gasteiger partial charge in [0.05, 0.1) is 12.5 Å². The molecule has 0 aromatic rings. The summed E-state index contributed by atoms with van der Waals surface area (Å²) in [6.07, 6.45) is 4.52. The molecule has 0 aromatic heterocycles. The lowest BCUT2D eigenvalue weighted by Crippen LogP contribution is -2.29. The third-order valence-corrected chi connectivity index (χ3v) is 3.22. The lowest BCUT2D eigenvalue weighted by atomic mass is 9.89. The van der Waals surface area contributed by atoms with Gasteiger partial charge >= 0.3 is 0 Å². The maximum absolute atomic E-state index is 11.6. The van der Waals surface area contributed by atoms with Crippen molar-refractivity contribution < 1.29 is 14.6 Å². The largest absolute Gasteiger partial charge is 0.396 e. The molecule has 100 valence electrons. The summed E-state index contributed by atoms with van der Waals surface area (Å²) < 4.78 is 5.41. The molecule has 0 saturated carbocycles. The van der Waals surface area contributed by atoms with Crippen molar-refractivity contribution >= 4 is 5.91 Å². The first-order valence-electron chi connectivity index (χ1n) is 6.53. The molecule has 17 heavy (non-hydrogen) atoms. The second-order valence-corrected chi connectivity index (χ2v) is 5.61. The molecule has 1 fully saturated rings. The molecule has 1 unspecified atom stereocenters. The van der Waals surface area contributed by atoms with Gasteiger partial charge in [0.1, 0.15) is 0 Å². The maximum Gasteiger partial charge on any atom is 0.222 e. The summed E-state index contributed by atoms with van der Waals surface area (Å²) in [5, 5.41) is 12.0. The Balaban J connectivity index is 2.04. The number of rotatable bonds is 7. The molecule has 1 aliphatic heterocycles. The molecule has 1 aliphatic rings. The Morgan fingerprint density at radius 1 is 1.53 bits per heavy atom. The summed E-state index contributed by atoms with van der Waals surface area (Å²) in [6.45, 7) is 5.73. The van der Waals surface area contributed by atoms with Gasteiger partial charge in [-0.2, -0.15) is 0 Å². The highest BCUT2D eigenvalue weighted by atomic mass is 16.5. The van der Waals surface area contributed by atoms with Crippen molar-refractivity contribution in [1.29, 1.82) is 0 Å². The van der Waals surface area contributed by atoms with Gasteiger partial charge in [-0.05, 0) is 31.1 Å². The SMILES string of the molecule is CC(C)(CO)CCCNC(=O)CC1CCCO1. The van der Waals surface area contributed by atoms with Crippen molar-refractivity contribution in [2.24, 2.45) is 5.41 Å². The van der Waals surface area contributed by atoms with Crippen molar-refractivity contribution in [3.63, 3.8) is 0 Å². The summed E-state index contributed by atoms with van der Waals surface area (Å²) in [7, 11) is 0. The van der Waals surface area contributed by atoms with E-state index in [0.29, 0.717) is 13.0 Å². The Hall–Kier alpha value is -0.610. The number of hydrogen-bond acceptors (Lipinski definition) is 3. The van der Waals surface area contributed by atoms with E-state index in [2.05, 4.69) is 5.32 Å². The fraction of sp³-hybridized carbons (Fsp3) is 0.923. The van der Waals surface area contributed by atoms with Crippen molar-refractivity contribution in [3.05, 3.63) is 0 Å². The lowest BCUT2D eigenvalue weighted by molar-refractivity contribution is -0.123. The van der Waals surface area contributed by atoms with E-state index in [1.165, 1.54) is 0 Å². The second-order valence-electron chi connectivity index (χ2n) is 5.61. The third kappa shape index (κ3) is 6.03. The molecular formula is C13H25NO3. The molecule has 1 rings (SSSR count). The Bertz CT molecular complexity index is 235. The zero-order valence-electron chi connectivity index (χ0n) is 11.0. The number of amides is 1. The molecule has 1 heterocycles. The van der Waals surface area contributed by atoms with E-state index < -0.39 is 0 Å². The third-order valence-electron chi connectivity index (χ3n) is 3.22. The van der Waals surface area contributed by atoms with Gasteiger partial charge in [-0.25, -0.2) is 0 Å². The lowest BCUT2D eigenvalue weighted by Gasteiger charge is -2.21. The van der Waals surface area contributed by atoms with Gasteiger partial charge in [0.15, 0.2) is 0 Å². The zero-order valence-corrected chi connectivity index (χ0v) is 11.0. The molecule has 1 atom stereocenters. The number of ether oxygens (including phenoxy) is 1. The molecular weight excluding hydrogens is 218 g/mol. The van der Waals surface area contributed by atoms with E-state index in [1.54, 1.807) is 0 Å². The summed E-state index contributed by atoms with van der Waals surface area (Å²) in [5.74, 6) is 0.0821. The van der Waals surface area contributed by atoms with Gasteiger partial charge in [0.25, 0.3) is 0 Å². The van der Waals surface area contributed by atoms with Crippen molar-refractivity contribution in [2.45, 2.75) is 52.1 Å². The van der Waals surface area contributed by atoms with E-state index >= 15 is 0 Å². The molecule has 2 N–H and O–H groups in total. The summed E-state index contributed by atoms with van der Waals surface area (Å²) in [6, 6.07) is 0. The van der Waals surface area contributed by atoms with E-state index in [1.807, 2.05) is 13.8 Å². The van der Waals surface area contributed by atoms with Crippen molar-refractivity contribution in [1.82, 2.24) is 5.32 Å². The Morgan fingerprint density at radius 3 is 2.88 bits per heavy atom. The number of nitrogens with one attached hydrogen (secondary N) is 1. The summed E-state index contributed by atoms with van der Waals surface area (Å²) >= 11 is 0. The molecule has 1 amide bonds. The molecule has 4 heteroatoms. The van der Waals surface area contributed by atoms with Crippen LogP contribution in [0.25, 0.3) is 0 Å². The fourth-order valence-electron chi connectivity index (χ4n) is 1.96. The highest BCUT2D eigenvalue weighted by molar-refractivity contribution is 5.76. The first kappa shape index (κ1) is 14.5. The van der Waals surface area contributed by atoms with Gasteiger partial charge in [-0.15, -0.1) is 0 Å². The normalized spacial score (nSPS) is 20.5. The Labute approximate surface area is 104 Å². The van der Waals surface area contributed by atoms with Gasteiger partial charge in [-0.3, -0.25) is 4.79 Å². The first-order chi connectivity index (χ1) is 8.03. The Morgan fingerprint density at radius 2 is 2.29 bits per heavy atom. The molecule has 0 aliphatic carbocycles. The number of hydrogen-bond donors (Lipinski definition) is 2. The molecule has 4 nitrogen and oxygen atoms in total. The predicted molar refractivity (Wildman–Crippen MR) is 66.7 cm³/mol. The minimum atomic E-state index is -0.0424. The van der Waals surface area contributed by atoms with Crippen molar-refractivity contribution in [3.8, 4) is 0 Å². The molecule has 0 radical (unpaired) electrons. The van der Waals surface area contributed by atoms with Gasteiger partial charge in [0, 0.05) is 19.8 Å². The molecule has 0 aromatic carbocycles. The summed E-state index contributed by atoms with van der Waals surface area (Å²) in [4.78, 5) is 11.6. The number of aliphatic hydroxyl groups is 1. The van der Waals surface area contributed by atoms with Crippen LogP contribution in [0.3, 0.4) is 0 Å². The number of carbonyl (C=O) groups excluding carboxylic acids is 1. The monoisotopic (exact) mass is 243 g/mol. The van der Waals surface area contributed by atoms with Crippen LogP contribution in [0.1, 0.15) is 46.0 Å². The molecule has 0 bridgehead atoms. The quantitative estimate of drug-likeness (QED) is 0.666. The van der Waals surface area contributed by atoms with E-state index in [4.69, 9.17) is 9.84 Å². The van der Waals surface area contributed by atoms with Crippen LogP contribution >= 0.6 is 0 Å². The molecule has 0 spiro atoms. The van der Waals surface area contributed by atoms with Crippen LogP contribution in [0, 0.1) is 5.41 Å². The van der Waals surface area contributed by atoms with Gasteiger partial charge in [0.2, 0.25) is 5.91 Å². The smallest absolute Gasteiger partial charge is 0.222 e. The zero-order chi connectivity index (χ0) is 12.7. The topological polar surface area (TPSA) is 58.6 Å². The Kier molecular flexibility index (Phi) is 5.92. The summed E-state index contributed by atoms with van der Waals surface area (Å²) in [5.41, 5.74) is -0.0424. The van der Waals surface area contributed by atoms with Crippen LogP contribution in [-0.2, 0) is 9.53 Å². The van der Waals surface area contributed by atoms with Crippen LogP contribution in [0.2, 0.25) is 0 Å². The number of carbonyl (C=O) groups is 1. The van der Waals surface area contributed by atoms with Gasteiger partial charge in [-0.1, -0.05) is 13.8 Å². The average molecular weight is 243 g/mol. The van der Waals surface area contributed by atoms with E-state index in [9.17, 15) is 4.79 Å². The van der Waals surface area contributed by atoms with Gasteiger partial charge < -0.3 is 15.2 Å². The first-order valence-corrected chi connectivity index (χ1v) is 6.53. The minimum absolute atomic E-state index is 0.0424. The maximum atomic E-state index is 11.6. The standard InChI is InChI=1S/C13H25NO3/c1-13(2,10-15)6-4-7-14-12(16)9-11-5-3-8-17-11/h11,15H,3-10H2,1-2H3,(H,14,16). The van der Waals surface area contributed by atoms with Crippen molar-refractivity contribution in [2.75, 3.05) is 19.8 Å². The number of aliphatic hydroxyl groups excluding tert-OH is 1. The average Bonchev–Trinajstić information content (AvgIpc) is 2.77. The minimum Gasteiger partial charge on any atom is -0.396 e. The highest BCUT2D eigenvalue weighted by Gasteiger charge is 2.19. The van der Waals surface area contributed by atoms with E-state index in [0.717, 1.165) is 32.3 Å². The highest BCUT2D eigenvalue weighted by Crippen LogP contribution is 2.20. The molecule has 1 saturated heterocycles. The van der Waals surface area contributed by atoms with Crippen LogP contribution in [-0.4, -0.2) is 36.9 Å². The van der Waals surface area contributed by atoms with Crippen LogP contribution in [0.5, 0.6) is 0 Å². The van der Waals surface area contributed by atoms with E-state index in [-0.39, 0.29) is 24.0 Å². The van der Waals surface area contributed by atoms with Crippen LogP contribution in [0.4, 0.5) is 0 Å². The predicted octanol–water partition coefficient (Wildman–Crippen LogP) is 1.47. The van der Waals surface area contributed by atoms with Crippen LogP contribution in [0.15, 0.2) is 0 Å². The van der Waals surface area contributed by atoms with Crippen LogP contribution < -0.4 is 5.32 Å².